The molecule has 0 aliphatic rings. The van der Waals surface area contributed by atoms with Gasteiger partial charge in [-0.1, -0.05) is 6.07 Å². The fraction of sp³-hybridized carbons (Fsp3) is 0.550. The summed E-state index contributed by atoms with van der Waals surface area (Å²) in [6, 6.07) is 6.96. The zero-order valence-corrected chi connectivity index (χ0v) is 20.7. The molecule has 1 aromatic rings. The summed E-state index contributed by atoms with van der Waals surface area (Å²) < 4.78 is 10.3. The maximum Gasteiger partial charge on any atom is 0.407 e. The number of carbonyl (C=O) groups excluding carboxylic acids is 2. The Morgan fingerprint density at radius 3 is 2.37 bits per heavy atom. The van der Waals surface area contributed by atoms with Crippen molar-refractivity contribution in [3.05, 3.63) is 29.8 Å². The molecular weight excluding hydrogens is 501 g/mol. The predicted molar refractivity (Wildman–Crippen MR) is 129 cm³/mol. The molecule has 0 bridgehead atoms. The van der Waals surface area contributed by atoms with Crippen LogP contribution in [0, 0.1) is 0 Å². The number of nitrogens with one attached hydrogen (secondary N) is 4. The third-order valence-corrected chi connectivity index (χ3v) is 3.43. The summed E-state index contributed by atoms with van der Waals surface area (Å²) in [6.07, 6.45) is -0.457. The van der Waals surface area contributed by atoms with Gasteiger partial charge in [0.15, 0.2) is 5.96 Å². The molecule has 0 aliphatic heterocycles. The summed E-state index contributed by atoms with van der Waals surface area (Å²) in [5.74, 6) is 1.06. The van der Waals surface area contributed by atoms with Crippen LogP contribution >= 0.6 is 24.0 Å². The molecule has 0 spiro atoms. The Balaban J connectivity index is 0.00000841. The van der Waals surface area contributed by atoms with Gasteiger partial charge in [0, 0.05) is 31.7 Å². The Morgan fingerprint density at radius 2 is 1.73 bits per heavy atom. The molecule has 0 aromatic heterocycles. The van der Waals surface area contributed by atoms with E-state index in [1.54, 1.807) is 31.4 Å². The third kappa shape index (κ3) is 12.3. The topological polar surface area (TPSA) is 113 Å². The highest BCUT2D eigenvalue weighted by Gasteiger charge is 2.15. The van der Waals surface area contributed by atoms with Gasteiger partial charge >= 0.3 is 6.09 Å². The number of guanidine groups is 1. The lowest BCUT2D eigenvalue weighted by Crippen LogP contribution is -2.42. The fourth-order valence-electron chi connectivity index (χ4n) is 2.20. The summed E-state index contributed by atoms with van der Waals surface area (Å²) in [5, 5.41) is 11.7. The Morgan fingerprint density at radius 1 is 1.03 bits per heavy atom. The zero-order chi connectivity index (χ0) is 21.7. The average molecular weight is 535 g/mol. The second-order valence-corrected chi connectivity index (χ2v) is 7.10. The fourth-order valence-corrected chi connectivity index (χ4v) is 2.20. The summed E-state index contributed by atoms with van der Waals surface area (Å²) in [7, 11) is 1.56. The SMILES string of the molecule is CCNC(=NCCNC(=O)c1cccc(OC)c1)NCCNC(=O)OC(C)(C)C.I. The van der Waals surface area contributed by atoms with E-state index in [1.807, 2.05) is 27.7 Å². The summed E-state index contributed by atoms with van der Waals surface area (Å²) >= 11 is 0. The maximum absolute atomic E-state index is 12.2. The van der Waals surface area contributed by atoms with Crippen molar-refractivity contribution in [2.24, 2.45) is 4.99 Å². The monoisotopic (exact) mass is 535 g/mol. The van der Waals surface area contributed by atoms with Crippen molar-refractivity contribution >= 4 is 41.9 Å². The normalized spacial score (nSPS) is 11.0. The smallest absolute Gasteiger partial charge is 0.407 e. The summed E-state index contributed by atoms with van der Waals surface area (Å²) in [6.45, 7) is 9.78. The van der Waals surface area contributed by atoms with Crippen molar-refractivity contribution in [1.82, 2.24) is 21.3 Å². The van der Waals surface area contributed by atoms with Crippen LogP contribution in [0.15, 0.2) is 29.3 Å². The second-order valence-electron chi connectivity index (χ2n) is 7.10. The lowest BCUT2D eigenvalue weighted by Gasteiger charge is -2.19. The molecule has 0 fully saturated rings. The van der Waals surface area contributed by atoms with Gasteiger partial charge in [-0.25, -0.2) is 4.79 Å². The molecule has 1 aromatic carbocycles. The highest BCUT2D eigenvalue weighted by Crippen LogP contribution is 2.12. The molecule has 170 valence electrons. The van der Waals surface area contributed by atoms with Gasteiger partial charge in [-0.15, -0.1) is 24.0 Å². The zero-order valence-electron chi connectivity index (χ0n) is 18.3. The number of halogens is 1. The highest BCUT2D eigenvalue weighted by atomic mass is 127. The molecule has 0 saturated carbocycles. The lowest BCUT2D eigenvalue weighted by atomic mass is 10.2. The van der Waals surface area contributed by atoms with E-state index in [0.29, 0.717) is 50.0 Å². The van der Waals surface area contributed by atoms with E-state index in [0.717, 1.165) is 0 Å². The molecule has 0 unspecified atom stereocenters. The van der Waals surface area contributed by atoms with E-state index in [4.69, 9.17) is 9.47 Å². The Kier molecular flexibility index (Phi) is 13.6. The van der Waals surface area contributed by atoms with Gasteiger partial charge in [-0.2, -0.15) is 0 Å². The van der Waals surface area contributed by atoms with Gasteiger partial charge in [0.1, 0.15) is 11.4 Å². The summed E-state index contributed by atoms with van der Waals surface area (Å²) in [4.78, 5) is 28.2. The molecule has 0 aliphatic carbocycles. The van der Waals surface area contributed by atoms with Gasteiger partial charge in [-0.3, -0.25) is 9.79 Å². The molecule has 2 amide bonds. The largest absolute Gasteiger partial charge is 0.497 e. The van der Waals surface area contributed by atoms with Crippen LogP contribution in [0.5, 0.6) is 5.75 Å². The minimum absolute atomic E-state index is 0. The Hall–Kier alpha value is -2.24. The molecule has 9 nitrogen and oxygen atoms in total. The number of hydrogen-bond acceptors (Lipinski definition) is 5. The van der Waals surface area contributed by atoms with Crippen LogP contribution in [-0.2, 0) is 4.74 Å². The van der Waals surface area contributed by atoms with E-state index in [-0.39, 0.29) is 29.9 Å². The molecule has 4 N–H and O–H groups in total. The van der Waals surface area contributed by atoms with Crippen LogP contribution in [0.25, 0.3) is 0 Å². The number of benzene rings is 1. The minimum Gasteiger partial charge on any atom is -0.497 e. The molecule has 0 saturated heterocycles. The lowest BCUT2D eigenvalue weighted by molar-refractivity contribution is 0.0528. The third-order valence-electron chi connectivity index (χ3n) is 3.43. The maximum atomic E-state index is 12.2. The van der Waals surface area contributed by atoms with E-state index < -0.39 is 11.7 Å². The number of amides is 2. The average Bonchev–Trinajstić information content (AvgIpc) is 2.66. The number of rotatable bonds is 9. The van der Waals surface area contributed by atoms with Crippen molar-refractivity contribution in [3.63, 3.8) is 0 Å². The first-order valence-corrected chi connectivity index (χ1v) is 9.66. The van der Waals surface area contributed by atoms with E-state index in [2.05, 4.69) is 26.3 Å². The van der Waals surface area contributed by atoms with E-state index >= 15 is 0 Å². The molecule has 1 rings (SSSR count). The van der Waals surface area contributed by atoms with Gasteiger partial charge in [0.25, 0.3) is 5.91 Å². The van der Waals surface area contributed by atoms with Crippen LogP contribution in [0.2, 0.25) is 0 Å². The summed E-state index contributed by atoms with van der Waals surface area (Å²) in [5.41, 5.74) is 0.00928. The van der Waals surface area contributed by atoms with Crippen molar-refractivity contribution in [1.29, 1.82) is 0 Å². The van der Waals surface area contributed by atoms with Gasteiger partial charge < -0.3 is 30.7 Å². The quantitative estimate of drug-likeness (QED) is 0.167. The first-order chi connectivity index (χ1) is 13.7. The predicted octanol–water partition coefficient (Wildman–Crippen LogP) is 2.12. The van der Waals surface area contributed by atoms with E-state index in [1.165, 1.54) is 0 Å². The molecule has 0 heterocycles. The standard InChI is InChI=1S/C20H33N5O4.HI/c1-6-21-18(24-12-13-25-19(27)29-20(2,3)4)23-11-10-22-17(26)15-8-7-9-16(14-15)28-5;/h7-9,14H,6,10-13H2,1-5H3,(H,22,26)(H,25,27)(H2,21,23,24);1H. The molecule has 10 heteroatoms. The number of aliphatic imine (C=N–C) groups is 1. The van der Waals surface area contributed by atoms with Gasteiger partial charge in [0.2, 0.25) is 0 Å². The second kappa shape index (κ2) is 14.7. The molecular formula is C20H34IN5O4. The van der Waals surface area contributed by atoms with Crippen molar-refractivity contribution < 1.29 is 19.1 Å². The minimum atomic E-state index is -0.525. The molecule has 0 radical (unpaired) electrons. The van der Waals surface area contributed by atoms with Crippen molar-refractivity contribution in [3.8, 4) is 5.75 Å². The number of alkyl carbamates (subject to hydrolysis) is 1. The van der Waals surface area contributed by atoms with Crippen LogP contribution in [0.1, 0.15) is 38.1 Å². The van der Waals surface area contributed by atoms with Crippen LogP contribution in [0.3, 0.4) is 0 Å². The number of nitrogens with zero attached hydrogens (tertiary/aromatic N) is 1. The number of hydrogen-bond donors (Lipinski definition) is 4. The molecule has 0 atom stereocenters. The Labute approximate surface area is 195 Å². The van der Waals surface area contributed by atoms with Crippen LogP contribution in [0.4, 0.5) is 4.79 Å². The first-order valence-electron chi connectivity index (χ1n) is 9.66. The molecule has 30 heavy (non-hydrogen) atoms. The number of ether oxygens (including phenoxy) is 2. The van der Waals surface area contributed by atoms with Crippen molar-refractivity contribution in [2.75, 3.05) is 39.8 Å². The van der Waals surface area contributed by atoms with Crippen LogP contribution < -0.4 is 26.0 Å². The highest BCUT2D eigenvalue weighted by molar-refractivity contribution is 14.0. The van der Waals surface area contributed by atoms with Crippen molar-refractivity contribution in [2.45, 2.75) is 33.3 Å². The van der Waals surface area contributed by atoms with E-state index in [9.17, 15) is 9.59 Å². The first kappa shape index (κ1) is 27.8. The number of methoxy groups -OCH3 is 1. The van der Waals surface area contributed by atoms with Gasteiger partial charge in [-0.05, 0) is 45.9 Å². The van der Waals surface area contributed by atoms with Crippen LogP contribution in [-0.4, -0.2) is 63.4 Å². The number of carbonyl (C=O) groups is 2. The Bertz CT molecular complexity index is 692. The van der Waals surface area contributed by atoms with Gasteiger partial charge in [0.05, 0.1) is 13.7 Å².